The molecule has 0 radical (unpaired) electrons. The number of hydrogen-bond donors (Lipinski definition) is 1. The van der Waals surface area contributed by atoms with Crippen LogP contribution in [0.15, 0.2) is 18.3 Å². The highest BCUT2D eigenvalue weighted by molar-refractivity contribution is 6.18. The van der Waals surface area contributed by atoms with Crippen LogP contribution in [-0.2, 0) is 13.5 Å². The van der Waals surface area contributed by atoms with Crippen LogP contribution in [0.25, 0.3) is 0 Å². The second kappa shape index (κ2) is 5.70. The van der Waals surface area contributed by atoms with Crippen LogP contribution >= 0.6 is 11.6 Å². The van der Waals surface area contributed by atoms with Crippen molar-refractivity contribution in [3.05, 3.63) is 24.0 Å². The number of aromatic nitrogens is 2. The molecule has 1 aromatic heterocycles. The monoisotopic (exact) mass is 213 g/mol. The van der Waals surface area contributed by atoms with Gasteiger partial charge in [-0.25, -0.2) is 0 Å². The molecule has 1 rings (SSSR count). The van der Waals surface area contributed by atoms with Crippen molar-refractivity contribution in [1.29, 1.82) is 0 Å². The Balaban J connectivity index is 2.52. The fourth-order valence-electron chi connectivity index (χ4n) is 1.26. The molecule has 0 unspecified atom stereocenters. The standard InChI is InChI=1S/C10H16ClN3/c1-3-9-10(8-14(2)13-9)12-7-5-4-6-11/h4-5,8,12H,3,6-7H2,1-2H3/b5-4+. The number of alkyl halides is 1. The quantitative estimate of drug-likeness (QED) is 0.600. The van der Waals surface area contributed by atoms with Crippen LogP contribution in [0.5, 0.6) is 0 Å². The predicted octanol–water partition coefficient (Wildman–Crippen LogP) is 2.19. The molecule has 0 amide bonds. The summed E-state index contributed by atoms with van der Waals surface area (Å²) in [6, 6.07) is 0. The van der Waals surface area contributed by atoms with E-state index in [4.69, 9.17) is 11.6 Å². The van der Waals surface area contributed by atoms with Crippen molar-refractivity contribution in [2.75, 3.05) is 17.7 Å². The maximum absolute atomic E-state index is 5.51. The molecule has 0 spiro atoms. The van der Waals surface area contributed by atoms with Gasteiger partial charge >= 0.3 is 0 Å². The average molecular weight is 214 g/mol. The number of rotatable bonds is 5. The zero-order valence-electron chi connectivity index (χ0n) is 8.63. The first-order valence-corrected chi connectivity index (χ1v) is 5.28. The summed E-state index contributed by atoms with van der Waals surface area (Å²) in [6.07, 6.45) is 6.88. The number of anilines is 1. The molecule has 0 atom stereocenters. The van der Waals surface area contributed by atoms with Crippen LogP contribution in [0.1, 0.15) is 12.6 Å². The van der Waals surface area contributed by atoms with Crippen molar-refractivity contribution in [3.8, 4) is 0 Å². The van der Waals surface area contributed by atoms with Gasteiger partial charge in [0.2, 0.25) is 0 Å². The topological polar surface area (TPSA) is 29.9 Å². The number of aryl methyl sites for hydroxylation is 2. The molecule has 1 N–H and O–H groups in total. The summed E-state index contributed by atoms with van der Waals surface area (Å²) in [4.78, 5) is 0. The van der Waals surface area contributed by atoms with Gasteiger partial charge in [-0.3, -0.25) is 4.68 Å². The largest absolute Gasteiger partial charge is 0.379 e. The maximum Gasteiger partial charge on any atom is 0.0853 e. The van der Waals surface area contributed by atoms with E-state index in [1.54, 1.807) is 0 Å². The highest BCUT2D eigenvalue weighted by Crippen LogP contribution is 2.12. The first kappa shape index (κ1) is 11.1. The average Bonchev–Trinajstić information content (AvgIpc) is 2.54. The predicted molar refractivity (Wildman–Crippen MR) is 60.9 cm³/mol. The normalized spacial score (nSPS) is 11.1. The Bertz CT molecular complexity index is 304. The van der Waals surface area contributed by atoms with Crippen LogP contribution in [0.2, 0.25) is 0 Å². The van der Waals surface area contributed by atoms with Crippen LogP contribution in [0.3, 0.4) is 0 Å². The Hall–Kier alpha value is -0.960. The van der Waals surface area contributed by atoms with Crippen molar-refractivity contribution >= 4 is 17.3 Å². The van der Waals surface area contributed by atoms with Crippen LogP contribution in [0, 0.1) is 0 Å². The Morgan fingerprint density at radius 2 is 2.36 bits per heavy atom. The Morgan fingerprint density at radius 1 is 1.57 bits per heavy atom. The summed E-state index contributed by atoms with van der Waals surface area (Å²) in [7, 11) is 1.93. The van der Waals surface area contributed by atoms with Gasteiger partial charge < -0.3 is 5.32 Å². The second-order valence-corrected chi connectivity index (χ2v) is 3.33. The third-order valence-corrected chi connectivity index (χ3v) is 2.08. The van der Waals surface area contributed by atoms with E-state index in [0.29, 0.717) is 5.88 Å². The lowest BCUT2D eigenvalue weighted by molar-refractivity contribution is 0.746. The van der Waals surface area contributed by atoms with E-state index in [-0.39, 0.29) is 0 Å². The lowest BCUT2D eigenvalue weighted by Gasteiger charge is -2.00. The van der Waals surface area contributed by atoms with Gasteiger partial charge in [-0.1, -0.05) is 19.1 Å². The molecule has 3 nitrogen and oxygen atoms in total. The fraction of sp³-hybridized carbons (Fsp3) is 0.500. The van der Waals surface area contributed by atoms with Gasteiger partial charge in [0.1, 0.15) is 0 Å². The molecule has 1 heterocycles. The highest BCUT2D eigenvalue weighted by Gasteiger charge is 2.02. The summed E-state index contributed by atoms with van der Waals surface area (Å²) in [5.74, 6) is 0.565. The lowest BCUT2D eigenvalue weighted by Crippen LogP contribution is -1.99. The van der Waals surface area contributed by atoms with Crippen molar-refractivity contribution < 1.29 is 0 Å². The minimum absolute atomic E-state index is 0.565. The Kier molecular flexibility index (Phi) is 4.53. The molecule has 4 heteroatoms. The number of allylic oxidation sites excluding steroid dienone is 1. The molecule has 0 aromatic carbocycles. The van der Waals surface area contributed by atoms with Gasteiger partial charge in [0.15, 0.2) is 0 Å². The van der Waals surface area contributed by atoms with Gasteiger partial charge in [0.25, 0.3) is 0 Å². The van der Waals surface area contributed by atoms with E-state index in [1.165, 1.54) is 0 Å². The second-order valence-electron chi connectivity index (χ2n) is 3.02. The summed E-state index contributed by atoms with van der Waals surface area (Å²) < 4.78 is 1.83. The van der Waals surface area contributed by atoms with Gasteiger partial charge in [-0.2, -0.15) is 5.10 Å². The molecule has 0 aliphatic heterocycles. The molecular weight excluding hydrogens is 198 g/mol. The number of nitrogens with zero attached hydrogens (tertiary/aromatic N) is 2. The van der Waals surface area contributed by atoms with Crippen molar-refractivity contribution in [1.82, 2.24) is 9.78 Å². The van der Waals surface area contributed by atoms with Crippen LogP contribution < -0.4 is 5.32 Å². The third kappa shape index (κ3) is 3.07. The van der Waals surface area contributed by atoms with E-state index in [0.717, 1.165) is 24.3 Å². The molecule has 0 saturated carbocycles. The van der Waals surface area contributed by atoms with E-state index in [1.807, 2.05) is 30.1 Å². The van der Waals surface area contributed by atoms with E-state index in [9.17, 15) is 0 Å². The molecule has 0 saturated heterocycles. The fourth-order valence-corrected chi connectivity index (χ4v) is 1.38. The summed E-state index contributed by atoms with van der Waals surface area (Å²) in [5.41, 5.74) is 2.21. The van der Waals surface area contributed by atoms with E-state index < -0.39 is 0 Å². The Morgan fingerprint density at radius 3 is 3.00 bits per heavy atom. The van der Waals surface area contributed by atoms with Crippen molar-refractivity contribution in [3.63, 3.8) is 0 Å². The van der Waals surface area contributed by atoms with Gasteiger partial charge in [-0.05, 0) is 6.42 Å². The summed E-state index contributed by atoms with van der Waals surface area (Å²) >= 11 is 5.51. The minimum atomic E-state index is 0.565. The first-order valence-electron chi connectivity index (χ1n) is 4.75. The van der Waals surface area contributed by atoms with Gasteiger partial charge in [0, 0.05) is 25.7 Å². The molecule has 0 aliphatic carbocycles. The first-order chi connectivity index (χ1) is 6.77. The zero-order chi connectivity index (χ0) is 10.4. The number of halogens is 1. The lowest BCUT2D eigenvalue weighted by atomic mass is 10.3. The molecule has 0 fully saturated rings. The molecule has 1 aromatic rings. The maximum atomic E-state index is 5.51. The van der Waals surface area contributed by atoms with Crippen LogP contribution in [-0.4, -0.2) is 22.2 Å². The molecule has 14 heavy (non-hydrogen) atoms. The van der Waals surface area contributed by atoms with E-state index in [2.05, 4.69) is 17.3 Å². The van der Waals surface area contributed by atoms with Gasteiger partial charge in [0.05, 0.1) is 11.4 Å². The number of hydrogen-bond acceptors (Lipinski definition) is 2. The molecule has 0 bridgehead atoms. The summed E-state index contributed by atoms with van der Waals surface area (Å²) in [5, 5.41) is 7.62. The zero-order valence-corrected chi connectivity index (χ0v) is 9.38. The SMILES string of the molecule is CCc1nn(C)cc1NC/C=C/CCl. The van der Waals surface area contributed by atoms with Crippen molar-refractivity contribution in [2.24, 2.45) is 7.05 Å². The summed E-state index contributed by atoms with van der Waals surface area (Å²) in [6.45, 7) is 2.90. The smallest absolute Gasteiger partial charge is 0.0853 e. The van der Waals surface area contributed by atoms with E-state index >= 15 is 0 Å². The van der Waals surface area contributed by atoms with Gasteiger partial charge in [-0.15, -0.1) is 11.6 Å². The third-order valence-electron chi connectivity index (χ3n) is 1.91. The van der Waals surface area contributed by atoms with Crippen molar-refractivity contribution in [2.45, 2.75) is 13.3 Å². The molecule has 0 aliphatic rings. The number of nitrogens with one attached hydrogen (secondary N) is 1. The highest BCUT2D eigenvalue weighted by atomic mass is 35.5. The minimum Gasteiger partial charge on any atom is -0.379 e. The van der Waals surface area contributed by atoms with Crippen LogP contribution in [0.4, 0.5) is 5.69 Å². The molecule has 78 valence electrons. The molecular formula is C10H16ClN3. The Labute approximate surface area is 89.8 Å².